The van der Waals surface area contributed by atoms with E-state index in [1.54, 1.807) is 7.11 Å². The molecule has 1 saturated heterocycles. The van der Waals surface area contributed by atoms with Gasteiger partial charge in [0.2, 0.25) is 10.0 Å². The number of benzene rings is 1. The minimum atomic E-state index is -3.38. The molecule has 8 heteroatoms. The molecule has 1 aromatic carbocycles. The lowest BCUT2D eigenvalue weighted by Gasteiger charge is -2.10. The molecule has 0 bridgehead atoms. The summed E-state index contributed by atoms with van der Waals surface area (Å²) in [6.07, 6.45) is 1.93. The predicted molar refractivity (Wildman–Crippen MR) is 84.6 cm³/mol. The van der Waals surface area contributed by atoms with Crippen molar-refractivity contribution in [1.82, 2.24) is 10.3 Å². The zero-order valence-corrected chi connectivity index (χ0v) is 13.3. The zero-order chi connectivity index (χ0) is 14.9. The number of hydrogen-bond acceptors (Lipinski definition) is 6. The van der Waals surface area contributed by atoms with Crippen molar-refractivity contribution >= 4 is 36.7 Å². The maximum atomic E-state index is 12.1. The maximum Gasteiger partial charge on any atom is 0.236 e. The largest absolute Gasteiger partial charge is 0.497 e. The van der Waals surface area contributed by atoms with Crippen molar-refractivity contribution in [3.05, 3.63) is 18.2 Å². The monoisotopic (exact) mass is 327 g/mol. The minimum absolute atomic E-state index is 0.0389. The van der Waals surface area contributed by atoms with Crippen molar-refractivity contribution in [3.8, 4) is 5.75 Å². The fourth-order valence-electron chi connectivity index (χ4n) is 2.41. The third-order valence-corrected chi connectivity index (χ3v) is 5.83. The number of anilines is 1. The highest BCUT2D eigenvalue weighted by molar-refractivity contribution is 7.92. The summed E-state index contributed by atoms with van der Waals surface area (Å²) >= 11 is 1.31. The molecule has 114 valence electrons. The summed E-state index contributed by atoms with van der Waals surface area (Å²) in [6, 6.07) is 5.52. The molecule has 1 unspecified atom stereocenters. The molecule has 0 radical (unpaired) electrons. The van der Waals surface area contributed by atoms with Crippen molar-refractivity contribution in [1.29, 1.82) is 0 Å². The Morgan fingerprint density at radius 1 is 1.52 bits per heavy atom. The Morgan fingerprint density at radius 2 is 2.38 bits per heavy atom. The zero-order valence-electron chi connectivity index (χ0n) is 11.6. The van der Waals surface area contributed by atoms with Crippen LogP contribution in [-0.4, -0.2) is 38.9 Å². The SMILES string of the molecule is COc1ccc2nc(NS(=O)(=O)CC3CCCN3)sc2c1. The standard InChI is InChI=1S/C13H17N3O3S2/c1-19-10-4-5-11-12(7-10)20-13(15-11)16-21(17,18)8-9-3-2-6-14-9/h4-5,7,9,14H,2-3,6,8H2,1H3,(H,15,16). The average molecular weight is 327 g/mol. The van der Waals surface area contributed by atoms with Crippen LogP contribution in [0.5, 0.6) is 5.75 Å². The summed E-state index contributed by atoms with van der Waals surface area (Å²) in [7, 11) is -1.78. The summed E-state index contributed by atoms with van der Waals surface area (Å²) in [6.45, 7) is 0.890. The van der Waals surface area contributed by atoms with E-state index in [2.05, 4.69) is 15.0 Å². The van der Waals surface area contributed by atoms with Gasteiger partial charge in [0, 0.05) is 6.04 Å². The van der Waals surface area contributed by atoms with Crippen LogP contribution in [0.25, 0.3) is 10.2 Å². The third kappa shape index (κ3) is 3.45. The summed E-state index contributed by atoms with van der Waals surface area (Å²) in [5.74, 6) is 0.822. The molecule has 0 amide bonds. The van der Waals surface area contributed by atoms with Crippen molar-refractivity contribution in [2.45, 2.75) is 18.9 Å². The van der Waals surface area contributed by atoms with Crippen LogP contribution in [0.1, 0.15) is 12.8 Å². The number of sulfonamides is 1. The van der Waals surface area contributed by atoms with E-state index in [1.165, 1.54) is 11.3 Å². The third-order valence-electron chi connectivity index (χ3n) is 3.42. The van der Waals surface area contributed by atoms with Gasteiger partial charge < -0.3 is 10.1 Å². The van der Waals surface area contributed by atoms with E-state index in [1.807, 2.05) is 18.2 Å². The molecule has 1 aromatic heterocycles. The Hall–Kier alpha value is -1.38. The van der Waals surface area contributed by atoms with E-state index in [4.69, 9.17) is 4.74 Å². The van der Waals surface area contributed by atoms with Crippen molar-refractivity contribution in [3.63, 3.8) is 0 Å². The molecule has 3 rings (SSSR count). The van der Waals surface area contributed by atoms with Crippen molar-refractivity contribution in [2.75, 3.05) is 24.1 Å². The number of nitrogens with one attached hydrogen (secondary N) is 2. The van der Waals surface area contributed by atoms with Crippen LogP contribution < -0.4 is 14.8 Å². The lowest BCUT2D eigenvalue weighted by molar-refractivity contribution is 0.415. The second-order valence-electron chi connectivity index (χ2n) is 5.03. The van der Waals surface area contributed by atoms with Crippen LogP contribution in [0.4, 0.5) is 5.13 Å². The first-order valence-electron chi connectivity index (χ1n) is 6.74. The van der Waals surface area contributed by atoms with Gasteiger partial charge in [-0.25, -0.2) is 13.4 Å². The van der Waals surface area contributed by atoms with Gasteiger partial charge >= 0.3 is 0 Å². The number of thiazole rings is 1. The van der Waals surface area contributed by atoms with E-state index in [0.717, 1.165) is 35.4 Å². The fraction of sp³-hybridized carbons (Fsp3) is 0.462. The summed E-state index contributed by atoms with van der Waals surface area (Å²) in [5.41, 5.74) is 0.762. The number of fused-ring (bicyclic) bond motifs is 1. The lowest BCUT2D eigenvalue weighted by atomic mass is 10.3. The molecule has 1 atom stereocenters. The molecular formula is C13H17N3O3S2. The van der Waals surface area contributed by atoms with Gasteiger partial charge in [-0.1, -0.05) is 11.3 Å². The predicted octanol–water partition coefficient (Wildman–Crippen LogP) is 1.80. The first kappa shape index (κ1) is 14.6. The topological polar surface area (TPSA) is 80.3 Å². The number of nitrogens with zero attached hydrogens (tertiary/aromatic N) is 1. The summed E-state index contributed by atoms with van der Waals surface area (Å²) in [4.78, 5) is 4.30. The number of rotatable bonds is 5. The van der Waals surface area contributed by atoms with E-state index < -0.39 is 10.0 Å². The summed E-state index contributed by atoms with van der Waals surface area (Å²) in [5, 5.41) is 3.59. The van der Waals surface area contributed by atoms with Crippen LogP contribution in [0, 0.1) is 0 Å². The molecule has 2 aromatic rings. The molecule has 21 heavy (non-hydrogen) atoms. The molecular weight excluding hydrogens is 310 g/mol. The van der Waals surface area contributed by atoms with Gasteiger partial charge in [0.1, 0.15) is 5.75 Å². The molecule has 0 aliphatic carbocycles. The molecule has 0 saturated carbocycles. The Bertz CT molecular complexity index is 736. The van der Waals surface area contributed by atoms with Crippen molar-refractivity contribution < 1.29 is 13.2 Å². The normalized spacial score (nSPS) is 19.0. The maximum absolute atomic E-state index is 12.1. The van der Waals surface area contributed by atoms with Crippen LogP contribution in [0.2, 0.25) is 0 Å². The highest BCUT2D eigenvalue weighted by Crippen LogP contribution is 2.29. The Labute approximate surface area is 127 Å². The number of aromatic nitrogens is 1. The van der Waals surface area contributed by atoms with Crippen molar-refractivity contribution in [2.24, 2.45) is 0 Å². The molecule has 0 spiro atoms. The van der Waals surface area contributed by atoms with Crippen LogP contribution in [0.15, 0.2) is 18.2 Å². The Kier molecular flexibility index (Phi) is 4.01. The molecule has 1 fully saturated rings. The van der Waals surface area contributed by atoms with E-state index in [9.17, 15) is 8.42 Å². The molecule has 2 N–H and O–H groups in total. The molecule has 1 aliphatic heterocycles. The first-order chi connectivity index (χ1) is 10.1. The van der Waals surface area contributed by atoms with E-state index in [-0.39, 0.29) is 11.8 Å². The van der Waals surface area contributed by atoms with Gasteiger partial charge in [-0.05, 0) is 37.6 Å². The van der Waals surface area contributed by atoms with Gasteiger partial charge in [0.25, 0.3) is 0 Å². The lowest BCUT2D eigenvalue weighted by Crippen LogP contribution is -2.32. The number of methoxy groups -OCH3 is 1. The second kappa shape index (κ2) is 5.78. The molecule has 2 heterocycles. The van der Waals surface area contributed by atoms with Gasteiger partial charge in [-0.2, -0.15) is 0 Å². The van der Waals surface area contributed by atoms with Gasteiger partial charge in [0.05, 0.1) is 23.1 Å². The molecule has 6 nitrogen and oxygen atoms in total. The summed E-state index contributed by atoms with van der Waals surface area (Å²) < 4.78 is 32.9. The quantitative estimate of drug-likeness (QED) is 0.875. The fourth-order valence-corrected chi connectivity index (χ4v) is 4.92. The van der Waals surface area contributed by atoms with Crippen LogP contribution in [0.3, 0.4) is 0 Å². The smallest absolute Gasteiger partial charge is 0.236 e. The van der Waals surface area contributed by atoms with Gasteiger partial charge in [-0.15, -0.1) is 0 Å². The van der Waals surface area contributed by atoms with E-state index in [0.29, 0.717) is 5.13 Å². The Morgan fingerprint density at radius 3 is 3.10 bits per heavy atom. The van der Waals surface area contributed by atoms with E-state index >= 15 is 0 Å². The Balaban J connectivity index is 1.77. The highest BCUT2D eigenvalue weighted by Gasteiger charge is 2.23. The van der Waals surface area contributed by atoms with Gasteiger partial charge in [-0.3, -0.25) is 4.72 Å². The first-order valence-corrected chi connectivity index (χ1v) is 9.21. The van der Waals surface area contributed by atoms with Gasteiger partial charge in [0.15, 0.2) is 5.13 Å². The van der Waals surface area contributed by atoms with Crippen LogP contribution >= 0.6 is 11.3 Å². The van der Waals surface area contributed by atoms with Crippen LogP contribution in [-0.2, 0) is 10.0 Å². The molecule has 1 aliphatic rings. The average Bonchev–Trinajstić information content (AvgIpc) is 3.05. The minimum Gasteiger partial charge on any atom is -0.497 e. The number of hydrogen-bond donors (Lipinski definition) is 2. The highest BCUT2D eigenvalue weighted by atomic mass is 32.2. The number of ether oxygens (including phenoxy) is 1. The second-order valence-corrected chi connectivity index (χ2v) is 7.83.